The molecule has 1 aromatic rings. The number of rotatable bonds is 4. The Hall–Kier alpha value is -0.920. The van der Waals surface area contributed by atoms with Gasteiger partial charge in [-0.15, -0.1) is 4.83 Å². The summed E-state index contributed by atoms with van der Waals surface area (Å²) in [5.74, 6) is -0.458. The van der Waals surface area contributed by atoms with E-state index in [1.807, 2.05) is 11.8 Å². The fourth-order valence-corrected chi connectivity index (χ4v) is 1.95. The molecule has 0 bridgehead atoms. The molecule has 0 aliphatic carbocycles. The molecule has 0 aliphatic rings. The summed E-state index contributed by atoms with van der Waals surface area (Å²) >= 11 is 3.03. The van der Waals surface area contributed by atoms with E-state index in [9.17, 15) is 13.2 Å². The Kier molecular flexibility index (Phi) is 4.67. The zero-order valence-electron chi connectivity index (χ0n) is 9.40. The predicted molar refractivity (Wildman–Crippen MR) is 68.0 cm³/mol. The molecule has 0 aromatic heterocycles. The maximum Gasteiger partial charge on any atom is 0.257 e. The van der Waals surface area contributed by atoms with E-state index < -0.39 is 20.8 Å². The van der Waals surface area contributed by atoms with Crippen molar-refractivity contribution >= 4 is 31.9 Å². The van der Waals surface area contributed by atoms with E-state index in [1.165, 1.54) is 12.1 Å². The standard InChI is InChI=1S/C10H13BrN2O3S/c1-7-3-5-9(6-4-7)17(15,16)13-12-10(14)8(2)11/h3-6,8,13H,1-2H3,(H,12,14)/t8-/m0/s1. The fraction of sp³-hybridized carbons (Fsp3) is 0.300. The van der Waals surface area contributed by atoms with Crippen molar-refractivity contribution < 1.29 is 13.2 Å². The van der Waals surface area contributed by atoms with Crippen molar-refractivity contribution in [1.29, 1.82) is 0 Å². The number of sulfonamides is 1. The number of nitrogens with one attached hydrogen (secondary N) is 2. The molecule has 0 saturated heterocycles. The van der Waals surface area contributed by atoms with Crippen LogP contribution in [0.4, 0.5) is 0 Å². The first-order valence-corrected chi connectivity index (χ1v) is 7.25. The van der Waals surface area contributed by atoms with Crippen molar-refractivity contribution in [1.82, 2.24) is 10.3 Å². The van der Waals surface area contributed by atoms with Crippen molar-refractivity contribution in [3.8, 4) is 0 Å². The maximum atomic E-state index is 11.7. The second-order valence-electron chi connectivity index (χ2n) is 3.52. The first-order valence-electron chi connectivity index (χ1n) is 4.85. The zero-order valence-corrected chi connectivity index (χ0v) is 11.8. The van der Waals surface area contributed by atoms with E-state index in [-0.39, 0.29) is 4.90 Å². The number of hydrazine groups is 1. The van der Waals surface area contributed by atoms with Crippen LogP contribution in [0.5, 0.6) is 0 Å². The number of carbonyl (C=O) groups is 1. The SMILES string of the molecule is Cc1ccc(S(=O)(=O)NNC(=O)[C@H](C)Br)cc1. The van der Waals surface area contributed by atoms with Crippen LogP contribution in [0.3, 0.4) is 0 Å². The van der Waals surface area contributed by atoms with Gasteiger partial charge in [0.1, 0.15) is 0 Å². The molecule has 0 heterocycles. The smallest absolute Gasteiger partial charge is 0.257 e. The highest BCUT2D eigenvalue weighted by atomic mass is 79.9. The van der Waals surface area contributed by atoms with Gasteiger partial charge in [-0.25, -0.2) is 8.42 Å². The Morgan fingerprint density at radius 1 is 1.29 bits per heavy atom. The first-order chi connectivity index (χ1) is 7.83. The summed E-state index contributed by atoms with van der Waals surface area (Å²) in [6, 6.07) is 6.32. The minimum atomic E-state index is -3.71. The third-order valence-electron chi connectivity index (χ3n) is 2.00. The Labute approximate surface area is 109 Å². The molecule has 94 valence electrons. The molecule has 1 atom stereocenters. The van der Waals surface area contributed by atoms with Crippen LogP contribution < -0.4 is 10.3 Å². The highest BCUT2D eigenvalue weighted by molar-refractivity contribution is 9.10. The molecule has 17 heavy (non-hydrogen) atoms. The van der Waals surface area contributed by atoms with Crippen LogP contribution in [-0.4, -0.2) is 19.2 Å². The van der Waals surface area contributed by atoms with E-state index in [0.29, 0.717) is 0 Å². The fourth-order valence-electron chi connectivity index (χ4n) is 0.993. The topological polar surface area (TPSA) is 75.3 Å². The molecule has 0 spiro atoms. The van der Waals surface area contributed by atoms with Crippen LogP contribution in [0, 0.1) is 6.92 Å². The molecule has 0 unspecified atom stereocenters. The van der Waals surface area contributed by atoms with Gasteiger partial charge in [0.25, 0.3) is 10.0 Å². The van der Waals surface area contributed by atoms with Crippen LogP contribution in [0.15, 0.2) is 29.2 Å². The van der Waals surface area contributed by atoms with Gasteiger partial charge in [-0.3, -0.25) is 10.2 Å². The van der Waals surface area contributed by atoms with Gasteiger partial charge in [-0.2, -0.15) is 0 Å². The lowest BCUT2D eigenvalue weighted by Gasteiger charge is -2.09. The van der Waals surface area contributed by atoms with Crippen molar-refractivity contribution in [2.45, 2.75) is 23.6 Å². The summed E-state index contributed by atoms with van der Waals surface area (Å²) in [7, 11) is -3.71. The van der Waals surface area contributed by atoms with Gasteiger partial charge in [0.15, 0.2) is 0 Å². The predicted octanol–water partition coefficient (Wildman–Crippen LogP) is 1.09. The first kappa shape index (κ1) is 14.1. The summed E-state index contributed by atoms with van der Waals surface area (Å²) in [5.41, 5.74) is 3.07. The van der Waals surface area contributed by atoms with Gasteiger partial charge in [-0.05, 0) is 26.0 Å². The summed E-state index contributed by atoms with van der Waals surface area (Å²) in [6.07, 6.45) is 0. The van der Waals surface area contributed by atoms with Gasteiger partial charge in [0, 0.05) is 0 Å². The number of hydrogen-bond donors (Lipinski definition) is 2. The van der Waals surface area contributed by atoms with Gasteiger partial charge in [-0.1, -0.05) is 33.6 Å². The molecule has 1 rings (SSSR count). The van der Waals surface area contributed by atoms with Crippen molar-refractivity contribution in [3.05, 3.63) is 29.8 Å². The molecular weight excluding hydrogens is 308 g/mol. The van der Waals surface area contributed by atoms with Crippen molar-refractivity contribution in [3.63, 3.8) is 0 Å². The molecule has 5 nitrogen and oxygen atoms in total. The van der Waals surface area contributed by atoms with Crippen molar-refractivity contribution in [2.24, 2.45) is 0 Å². The lowest BCUT2D eigenvalue weighted by molar-refractivity contribution is -0.120. The van der Waals surface area contributed by atoms with Crippen LogP contribution >= 0.6 is 15.9 Å². The molecule has 0 aliphatic heterocycles. The van der Waals surface area contributed by atoms with Crippen LogP contribution in [0.2, 0.25) is 0 Å². The minimum Gasteiger partial charge on any atom is -0.277 e. The quantitative estimate of drug-likeness (QED) is 0.644. The summed E-state index contributed by atoms with van der Waals surface area (Å²) in [4.78, 5) is 12.8. The minimum absolute atomic E-state index is 0.102. The number of aryl methyl sites for hydroxylation is 1. The lowest BCUT2D eigenvalue weighted by atomic mass is 10.2. The molecule has 7 heteroatoms. The second kappa shape index (κ2) is 5.61. The molecule has 0 saturated carbocycles. The molecule has 1 amide bonds. The largest absolute Gasteiger partial charge is 0.277 e. The highest BCUT2D eigenvalue weighted by Gasteiger charge is 2.16. The monoisotopic (exact) mass is 320 g/mol. The second-order valence-corrected chi connectivity index (χ2v) is 6.58. The van der Waals surface area contributed by atoms with Gasteiger partial charge < -0.3 is 0 Å². The Morgan fingerprint density at radius 3 is 2.29 bits per heavy atom. The normalized spacial score (nSPS) is 13.1. The van der Waals surface area contributed by atoms with E-state index in [1.54, 1.807) is 19.1 Å². The number of amides is 1. The number of hydrogen-bond acceptors (Lipinski definition) is 3. The number of carbonyl (C=O) groups excluding carboxylic acids is 1. The third-order valence-corrected chi connectivity index (χ3v) is 3.68. The van der Waals surface area contributed by atoms with Gasteiger partial charge >= 0.3 is 0 Å². The molecule has 2 N–H and O–H groups in total. The maximum absolute atomic E-state index is 11.7. The number of alkyl halides is 1. The van der Waals surface area contributed by atoms with Crippen molar-refractivity contribution in [2.75, 3.05) is 0 Å². The Morgan fingerprint density at radius 2 is 1.82 bits per heavy atom. The van der Waals surface area contributed by atoms with Crippen LogP contribution in [0.1, 0.15) is 12.5 Å². The molecular formula is C10H13BrN2O3S. The average Bonchev–Trinajstić information content (AvgIpc) is 2.26. The number of halogens is 1. The highest BCUT2D eigenvalue weighted by Crippen LogP contribution is 2.09. The summed E-state index contributed by atoms with van der Waals surface area (Å²) in [6.45, 7) is 3.45. The van der Waals surface area contributed by atoms with E-state index in [2.05, 4.69) is 21.4 Å². The van der Waals surface area contributed by atoms with E-state index in [0.717, 1.165) is 5.56 Å². The number of benzene rings is 1. The lowest BCUT2D eigenvalue weighted by Crippen LogP contribution is -2.44. The Bertz CT molecular complexity index is 497. The zero-order chi connectivity index (χ0) is 13.1. The third kappa shape index (κ3) is 4.10. The van der Waals surface area contributed by atoms with E-state index in [4.69, 9.17) is 0 Å². The summed E-state index contributed by atoms with van der Waals surface area (Å²) in [5, 5.41) is 0. The van der Waals surface area contributed by atoms with Crippen LogP contribution in [-0.2, 0) is 14.8 Å². The summed E-state index contributed by atoms with van der Waals surface area (Å²) < 4.78 is 23.5. The molecule has 0 radical (unpaired) electrons. The van der Waals surface area contributed by atoms with Crippen LogP contribution in [0.25, 0.3) is 0 Å². The molecule has 0 fully saturated rings. The van der Waals surface area contributed by atoms with Gasteiger partial charge in [0.2, 0.25) is 5.91 Å². The average molecular weight is 321 g/mol. The van der Waals surface area contributed by atoms with Gasteiger partial charge in [0.05, 0.1) is 9.72 Å². The Balaban J connectivity index is 2.76. The molecule has 1 aromatic carbocycles. The van der Waals surface area contributed by atoms with E-state index >= 15 is 0 Å².